The van der Waals surface area contributed by atoms with Crippen molar-refractivity contribution in [2.75, 3.05) is 5.32 Å². The number of benzene rings is 3. The Bertz CT molecular complexity index is 1640. The van der Waals surface area contributed by atoms with Crippen LogP contribution in [0.15, 0.2) is 75.6 Å². The number of aryl methyl sites for hydroxylation is 3. The molecule has 0 saturated heterocycles. The van der Waals surface area contributed by atoms with E-state index in [0.29, 0.717) is 33.5 Å². The Hall–Kier alpha value is -3.94. The van der Waals surface area contributed by atoms with Gasteiger partial charge in [-0.05, 0) is 98.2 Å². The number of carbonyl (C=O) groups is 1. The van der Waals surface area contributed by atoms with Crippen LogP contribution in [0, 0.1) is 20.8 Å². The first kappa shape index (κ1) is 23.8. The number of fused-ring (bicyclic) bond motifs is 1. The molecule has 0 aliphatic rings. The molecule has 1 amide bonds. The van der Waals surface area contributed by atoms with Gasteiger partial charge in [0.2, 0.25) is 5.89 Å². The number of amides is 1. The van der Waals surface area contributed by atoms with Crippen molar-refractivity contribution in [3.63, 3.8) is 0 Å². The minimum absolute atomic E-state index is 0.133. The molecular formula is C28H22ClN3O3S. The molecular weight excluding hydrogens is 494 g/mol. The van der Waals surface area contributed by atoms with Crippen LogP contribution in [0.1, 0.15) is 27.2 Å². The first-order valence-corrected chi connectivity index (χ1v) is 12.0. The van der Waals surface area contributed by atoms with Crippen LogP contribution < -0.4 is 10.6 Å². The number of nitrogens with one attached hydrogen (secondary N) is 2. The lowest BCUT2D eigenvalue weighted by Crippen LogP contribution is -2.33. The Labute approximate surface area is 218 Å². The standard InChI is InChI=1S/C28H22ClN3O3S/c1-15-4-8-20(21(29)12-15)27-31-22-14-19(7-9-24(22)35-27)30-28(36)32-26(33)25-11-10-23(34-25)18-6-5-16(2)17(3)13-18/h4-14H,1-3H3,(H2,30,32,33,36). The average Bonchev–Trinajstić information content (AvgIpc) is 3.48. The van der Waals surface area contributed by atoms with Gasteiger partial charge in [0.1, 0.15) is 11.3 Å². The van der Waals surface area contributed by atoms with Gasteiger partial charge in [-0.15, -0.1) is 0 Å². The lowest BCUT2D eigenvalue weighted by molar-refractivity contribution is 0.0951. The molecule has 0 fully saturated rings. The highest BCUT2D eigenvalue weighted by molar-refractivity contribution is 7.80. The summed E-state index contributed by atoms with van der Waals surface area (Å²) in [6, 6.07) is 20.5. The van der Waals surface area contributed by atoms with Gasteiger partial charge in [0.25, 0.3) is 5.91 Å². The van der Waals surface area contributed by atoms with Crippen LogP contribution in [0.5, 0.6) is 0 Å². The van der Waals surface area contributed by atoms with E-state index in [0.717, 1.165) is 22.3 Å². The van der Waals surface area contributed by atoms with Gasteiger partial charge in [0.15, 0.2) is 16.5 Å². The van der Waals surface area contributed by atoms with Crippen molar-refractivity contribution in [3.8, 4) is 22.8 Å². The maximum Gasteiger partial charge on any atom is 0.293 e. The summed E-state index contributed by atoms with van der Waals surface area (Å²) in [7, 11) is 0. The maximum absolute atomic E-state index is 12.7. The van der Waals surface area contributed by atoms with E-state index in [1.807, 2.05) is 57.2 Å². The minimum Gasteiger partial charge on any atom is -0.451 e. The lowest BCUT2D eigenvalue weighted by atomic mass is 10.1. The molecule has 36 heavy (non-hydrogen) atoms. The van der Waals surface area contributed by atoms with E-state index in [1.165, 1.54) is 5.56 Å². The van der Waals surface area contributed by atoms with Gasteiger partial charge >= 0.3 is 0 Å². The number of aromatic nitrogens is 1. The first-order chi connectivity index (χ1) is 17.3. The average molecular weight is 516 g/mol. The van der Waals surface area contributed by atoms with Gasteiger partial charge in [-0.3, -0.25) is 10.1 Å². The Morgan fingerprint density at radius 2 is 1.75 bits per heavy atom. The van der Waals surface area contributed by atoms with Crippen molar-refractivity contribution in [2.24, 2.45) is 0 Å². The summed E-state index contributed by atoms with van der Waals surface area (Å²) < 4.78 is 11.6. The smallest absolute Gasteiger partial charge is 0.293 e. The SMILES string of the molecule is Cc1ccc(-c2nc3cc(NC(=S)NC(=O)c4ccc(-c5ccc(C)c(C)c5)o4)ccc3o2)c(Cl)c1. The molecule has 5 aromatic rings. The zero-order valence-corrected chi connectivity index (χ0v) is 21.4. The normalized spacial score (nSPS) is 11.0. The Morgan fingerprint density at radius 1 is 0.917 bits per heavy atom. The zero-order valence-electron chi connectivity index (χ0n) is 19.8. The van der Waals surface area contributed by atoms with E-state index in [9.17, 15) is 4.79 Å². The quantitative estimate of drug-likeness (QED) is 0.242. The predicted octanol–water partition coefficient (Wildman–Crippen LogP) is 7.46. The second-order valence-electron chi connectivity index (χ2n) is 8.56. The fraction of sp³-hybridized carbons (Fsp3) is 0.107. The highest BCUT2D eigenvalue weighted by atomic mass is 35.5. The molecule has 0 spiro atoms. The topological polar surface area (TPSA) is 80.3 Å². The van der Waals surface area contributed by atoms with Gasteiger partial charge in [0.05, 0.1) is 10.6 Å². The molecule has 0 atom stereocenters. The van der Waals surface area contributed by atoms with Crippen LogP contribution in [0.2, 0.25) is 5.02 Å². The van der Waals surface area contributed by atoms with Crippen molar-refractivity contribution in [2.45, 2.75) is 20.8 Å². The number of anilines is 1. The molecule has 2 N–H and O–H groups in total. The Kier molecular flexibility index (Phi) is 6.35. The van der Waals surface area contributed by atoms with E-state index in [-0.39, 0.29) is 10.9 Å². The number of hydrogen-bond donors (Lipinski definition) is 2. The number of carbonyl (C=O) groups excluding carboxylic acids is 1. The van der Waals surface area contributed by atoms with Crippen molar-refractivity contribution in [3.05, 3.63) is 94.2 Å². The van der Waals surface area contributed by atoms with Crippen LogP contribution >= 0.6 is 23.8 Å². The minimum atomic E-state index is -0.443. The second-order valence-corrected chi connectivity index (χ2v) is 9.37. The molecule has 0 saturated carbocycles. The third-order valence-electron chi connectivity index (χ3n) is 5.85. The highest BCUT2D eigenvalue weighted by Crippen LogP contribution is 2.31. The fourth-order valence-electron chi connectivity index (χ4n) is 3.75. The third kappa shape index (κ3) is 4.89. The second kappa shape index (κ2) is 9.60. The van der Waals surface area contributed by atoms with Gasteiger partial charge in [-0.2, -0.15) is 0 Å². The first-order valence-electron chi connectivity index (χ1n) is 11.2. The summed E-state index contributed by atoms with van der Waals surface area (Å²) in [6.07, 6.45) is 0. The van der Waals surface area contributed by atoms with Gasteiger partial charge in [-0.25, -0.2) is 4.98 Å². The summed E-state index contributed by atoms with van der Waals surface area (Å²) in [5, 5.41) is 6.36. The van der Waals surface area contributed by atoms with Crippen LogP contribution in [0.3, 0.4) is 0 Å². The van der Waals surface area contributed by atoms with Crippen molar-refractivity contribution >= 4 is 51.6 Å². The van der Waals surface area contributed by atoms with E-state index in [2.05, 4.69) is 15.6 Å². The lowest BCUT2D eigenvalue weighted by Gasteiger charge is -2.08. The largest absolute Gasteiger partial charge is 0.451 e. The van der Waals surface area contributed by atoms with Crippen LogP contribution in [0.25, 0.3) is 33.9 Å². The van der Waals surface area contributed by atoms with Crippen LogP contribution in [-0.4, -0.2) is 16.0 Å². The van der Waals surface area contributed by atoms with E-state index < -0.39 is 5.91 Å². The Balaban J connectivity index is 1.27. The van der Waals surface area contributed by atoms with Crippen molar-refractivity contribution in [1.82, 2.24) is 10.3 Å². The Morgan fingerprint density at radius 3 is 2.53 bits per heavy atom. The number of nitrogens with zero attached hydrogens (tertiary/aromatic N) is 1. The van der Waals surface area contributed by atoms with Gasteiger partial charge in [0, 0.05) is 11.3 Å². The zero-order chi connectivity index (χ0) is 25.4. The fourth-order valence-corrected chi connectivity index (χ4v) is 4.28. The monoisotopic (exact) mass is 515 g/mol. The molecule has 6 nitrogen and oxygen atoms in total. The van der Waals surface area contributed by atoms with Gasteiger partial charge < -0.3 is 14.2 Å². The molecule has 0 bridgehead atoms. The van der Waals surface area contributed by atoms with Crippen LogP contribution in [0.4, 0.5) is 5.69 Å². The maximum atomic E-state index is 12.7. The molecule has 3 aromatic carbocycles. The number of thiocarbonyl (C=S) groups is 1. The highest BCUT2D eigenvalue weighted by Gasteiger charge is 2.16. The molecule has 0 unspecified atom stereocenters. The van der Waals surface area contributed by atoms with E-state index in [1.54, 1.807) is 30.3 Å². The van der Waals surface area contributed by atoms with Crippen molar-refractivity contribution in [1.29, 1.82) is 0 Å². The molecule has 0 aliphatic carbocycles. The number of oxazole rings is 1. The summed E-state index contributed by atoms with van der Waals surface area (Å²) in [6.45, 7) is 6.05. The summed E-state index contributed by atoms with van der Waals surface area (Å²) in [5.74, 6) is 0.767. The van der Waals surface area contributed by atoms with Crippen molar-refractivity contribution < 1.29 is 13.6 Å². The number of halogens is 1. The van der Waals surface area contributed by atoms with Crippen LogP contribution in [-0.2, 0) is 0 Å². The predicted molar refractivity (Wildman–Crippen MR) is 146 cm³/mol. The molecule has 0 aliphatic heterocycles. The summed E-state index contributed by atoms with van der Waals surface area (Å²) in [5.41, 5.74) is 6.91. The number of hydrogen-bond acceptors (Lipinski definition) is 5. The summed E-state index contributed by atoms with van der Waals surface area (Å²) in [4.78, 5) is 17.2. The molecule has 0 radical (unpaired) electrons. The molecule has 2 heterocycles. The van der Waals surface area contributed by atoms with E-state index >= 15 is 0 Å². The van der Waals surface area contributed by atoms with E-state index in [4.69, 9.17) is 32.7 Å². The van der Waals surface area contributed by atoms with Gasteiger partial charge in [-0.1, -0.05) is 29.8 Å². The summed E-state index contributed by atoms with van der Waals surface area (Å²) >= 11 is 11.7. The third-order valence-corrected chi connectivity index (χ3v) is 6.37. The molecule has 8 heteroatoms. The number of rotatable bonds is 4. The number of furan rings is 1. The molecule has 180 valence electrons. The molecule has 2 aromatic heterocycles. The molecule has 5 rings (SSSR count).